The van der Waals surface area contributed by atoms with Crippen molar-refractivity contribution in [2.24, 2.45) is 0 Å². The van der Waals surface area contributed by atoms with Crippen molar-refractivity contribution in [3.8, 4) is 0 Å². The van der Waals surface area contributed by atoms with Crippen LogP contribution in [0.5, 0.6) is 0 Å². The van der Waals surface area contributed by atoms with Gasteiger partial charge >= 0.3 is 0 Å². The average molecular weight is 206 g/mol. The molecule has 0 bridgehead atoms. The molecule has 0 fully saturated rings. The predicted octanol–water partition coefficient (Wildman–Crippen LogP) is 2.52. The van der Waals surface area contributed by atoms with Crippen molar-refractivity contribution in [2.45, 2.75) is 39.9 Å². The van der Waals surface area contributed by atoms with Gasteiger partial charge < -0.3 is 5.32 Å². The van der Waals surface area contributed by atoms with Crippen LogP contribution < -0.4 is 10.6 Å². The molecule has 0 saturated heterocycles. The first-order chi connectivity index (χ1) is 7.06. The van der Waals surface area contributed by atoms with Crippen LogP contribution in [0.4, 0.5) is 0 Å². The Balaban J connectivity index is 2.86. The fraction of sp³-hybridized carbons (Fsp3) is 0.538. The Labute approximate surface area is 93.1 Å². The lowest BCUT2D eigenvalue weighted by atomic mass is 9.97. The van der Waals surface area contributed by atoms with Crippen molar-refractivity contribution < 1.29 is 0 Å². The lowest BCUT2D eigenvalue weighted by Gasteiger charge is -2.23. The second kappa shape index (κ2) is 5.29. The fourth-order valence-corrected chi connectivity index (χ4v) is 2.05. The van der Waals surface area contributed by atoms with E-state index in [2.05, 4.69) is 56.5 Å². The quantitative estimate of drug-likeness (QED) is 0.740. The molecule has 1 aromatic carbocycles. The van der Waals surface area contributed by atoms with Crippen molar-refractivity contribution in [3.05, 3.63) is 34.9 Å². The van der Waals surface area contributed by atoms with E-state index in [0.717, 1.165) is 0 Å². The van der Waals surface area contributed by atoms with Crippen LogP contribution in [0, 0.1) is 13.8 Å². The smallest absolute Gasteiger partial charge is 0.0544 e. The minimum Gasteiger partial charge on any atom is -0.305 e. The third kappa shape index (κ3) is 3.05. The predicted molar refractivity (Wildman–Crippen MR) is 66.0 cm³/mol. The third-order valence-electron chi connectivity index (χ3n) is 2.91. The van der Waals surface area contributed by atoms with Crippen LogP contribution in [-0.4, -0.2) is 13.2 Å². The lowest BCUT2D eigenvalue weighted by Crippen LogP contribution is -2.39. The number of hydrogen-bond acceptors (Lipinski definition) is 2. The molecule has 2 N–H and O–H groups in total. The summed E-state index contributed by atoms with van der Waals surface area (Å²) in [6.45, 7) is 8.68. The molecule has 15 heavy (non-hydrogen) atoms. The number of rotatable bonds is 4. The average Bonchev–Trinajstić information content (AvgIpc) is 2.17. The Morgan fingerprint density at radius 2 is 1.60 bits per heavy atom. The number of benzene rings is 1. The Morgan fingerprint density at radius 1 is 1.07 bits per heavy atom. The molecule has 2 atom stereocenters. The number of aryl methyl sites for hydroxylation is 2. The molecule has 0 spiro atoms. The van der Waals surface area contributed by atoms with E-state index in [0.29, 0.717) is 12.2 Å². The maximum absolute atomic E-state index is 3.52. The zero-order valence-electron chi connectivity index (χ0n) is 10.4. The second-order valence-electron chi connectivity index (χ2n) is 4.20. The van der Waals surface area contributed by atoms with E-state index in [1.807, 2.05) is 7.05 Å². The van der Waals surface area contributed by atoms with Crippen LogP contribution in [-0.2, 0) is 0 Å². The largest absolute Gasteiger partial charge is 0.305 e. The molecule has 84 valence electrons. The molecule has 0 amide bonds. The highest BCUT2D eigenvalue weighted by Crippen LogP contribution is 2.21. The van der Waals surface area contributed by atoms with Crippen molar-refractivity contribution in [3.63, 3.8) is 0 Å². The third-order valence-corrected chi connectivity index (χ3v) is 2.91. The summed E-state index contributed by atoms with van der Waals surface area (Å²) in [5.41, 5.74) is 4.14. The van der Waals surface area contributed by atoms with Crippen LogP contribution in [0.15, 0.2) is 18.2 Å². The van der Waals surface area contributed by atoms with Gasteiger partial charge in [0, 0.05) is 6.04 Å². The van der Waals surface area contributed by atoms with Crippen LogP contribution in [0.2, 0.25) is 0 Å². The summed E-state index contributed by atoms with van der Waals surface area (Å²) in [6, 6.07) is 6.84. The summed E-state index contributed by atoms with van der Waals surface area (Å²) in [5, 5.41) is 6.71. The van der Waals surface area contributed by atoms with Crippen LogP contribution in [0.3, 0.4) is 0 Å². The van der Waals surface area contributed by atoms with Gasteiger partial charge in [0.05, 0.1) is 6.17 Å². The molecule has 0 radical (unpaired) electrons. The van der Waals surface area contributed by atoms with Crippen molar-refractivity contribution in [1.82, 2.24) is 10.6 Å². The molecule has 0 aliphatic rings. The summed E-state index contributed by atoms with van der Waals surface area (Å²) in [4.78, 5) is 0. The molecule has 2 nitrogen and oxygen atoms in total. The van der Waals surface area contributed by atoms with E-state index in [9.17, 15) is 0 Å². The molecule has 1 aromatic rings. The Hall–Kier alpha value is -0.860. The van der Waals surface area contributed by atoms with E-state index >= 15 is 0 Å². The summed E-state index contributed by atoms with van der Waals surface area (Å²) in [5.74, 6) is 0. The molecule has 0 aliphatic heterocycles. The zero-order chi connectivity index (χ0) is 11.4. The summed E-state index contributed by atoms with van der Waals surface area (Å²) in [7, 11) is 1.97. The highest BCUT2D eigenvalue weighted by atomic mass is 15.1. The fourth-order valence-electron chi connectivity index (χ4n) is 2.05. The van der Waals surface area contributed by atoms with Gasteiger partial charge in [-0.25, -0.2) is 0 Å². The van der Waals surface area contributed by atoms with Gasteiger partial charge in [0.2, 0.25) is 0 Å². The number of nitrogens with one attached hydrogen (secondary N) is 2. The van der Waals surface area contributed by atoms with E-state index < -0.39 is 0 Å². The van der Waals surface area contributed by atoms with Gasteiger partial charge in [-0.05, 0) is 51.4 Å². The van der Waals surface area contributed by atoms with Crippen LogP contribution in [0.25, 0.3) is 0 Å². The van der Waals surface area contributed by atoms with Gasteiger partial charge in [0.1, 0.15) is 0 Å². The Morgan fingerprint density at radius 3 is 2.07 bits per heavy atom. The lowest BCUT2D eigenvalue weighted by molar-refractivity contribution is 0.434. The summed E-state index contributed by atoms with van der Waals surface area (Å²) < 4.78 is 0. The maximum Gasteiger partial charge on any atom is 0.0544 e. The molecule has 1 rings (SSSR count). The normalized spacial score (nSPS) is 15.0. The van der Waals surface area contributed by atoms with Crippen molar-refractivity contribution in [1.29, 1.82) is 0 Å². The first-order valence-electron chi connectivity index (χ1n) is 5.55. The Kier molecular flexibility index (Phi) is 4.30. The van der Waals surface area contributed by atoms with Crippen molar-refractivity contribution in [2.75, 3.05) is 7.05 Å². The first kappa shape index (κ1) is 12.2. The standard InChI is InChI=1S/C13H22N2/c1-9-7-6-8-10(2)13(9)11(3)15-12(4)14-5/h6-8,11-12,14-15H,1-5H3. The molecular weight excluding hydrogens is 184 g/mol. The van der Waals surface area contributed by atoms with Crippen LogP contribution >= 0.6 is 0 Å². The number of hydrogen-bond donors (Lipinski definition) is 2. The molecule has 2 heteroatoms. The van der Waals surface area contributed by atoms with Crippen molar-refractivity contribution >= 4 is 0 Å². The molecular formula is C13H22N2. The van der Waals surface area contributed by atoms with Gasteiger partial charge in [-0.1, -0.05) is 18.2 Å². The molecule has 0 aliphatic carbocycles. The maximum atomic E-state index is 3.52. The van der Waals surface area contributed by atoms with Gasteiger partial charge in [-0.15, -0.1) is 0 Å². The highest BCUT2D eigenvalue weighted by molar-refractivity contribution is 5.35. The minimum atomic E-state index is 0.332. The monoisotopic (exact) mass is 206 g/mol. The van der Waals surface area contributed by atoms with Gasteiger partial charge in [-0.3, -0.25) is 5.32 Å². The molecule has 2 unspecified atom stereocenters. The summed E-state index contributed by atoms with van der Waals surface area (Å²) >= 11 is 0. The van der Waals surface area contributed by atoms with Gasteiger partial charge in [-0.2, -0.15) is 0 Å². The Bertz CT molecular complexity index is 300. The van der Waals surface area contributed by atoms with E-state index in [1.165, 1.54) is 16.7 Å². The SMILES string of the molecule is CNC(C)NC(C)c1c(C)cccc1C. The van der Waals surface area contributed by atoms with E-state index in [4.69, 9.17) is 0 Å². The van der Waals surface area contributed by atoms with Crippen LogP contribution in [0.1, 0.15) is 36.6 Å². The highest BCUT2D eigenvalue weighted by Gasteiger charge is 2.12. The van der Waals surface area contributed by atoms with E-state index in [1.54, 1.807) is 0 Å². The second-order valence-corrected chi connectivity index (χ2v) is 4.20. The summed E-state index contributed by atoms with van der Waals surface area (Å²) in [6.07, 6.45) is 0.332. The van der Waals surface area contributed by atoms with Gasteiger partial charge in [0.25, 0.3) is 0 Å². The van der Waals surface area contributed by atoms with Gasteiger partial charge in [0.15, 0.2) is 0 Å². The molecule has 0 aromatic heterocycles. The van der Waals surface area contributed by atoms with E-state index in [-0.39, 0.29) is 0 Å². The molecule has 0 saturated carbocycles. The zero-order valence-corrected chi connectivity index (χ0v) is 10.4. The minimum absolute atomic E-state index is 0.332. The molecule has 0 heterocycles. The first-order valence-corrected chi connectivity index (χ1v) is 5.55. The topological polar surface area (TPSA) is 24.1 Å².